The van der Waals surface area contributed by atoms with Crippen LogP contribution in [0.1, 0.15) is 29.9 Å². The van der Waals surface area contributed by atoms with Gasteiger partial charge in [0.25, 0.3) is 0 Å². The van der Waals surface area contributed by atoms with Crippen molar-refractivity contribution in [2.24, 2.45) is 0 Å². The van der Waals surface area contributed by atoms with Gasteiger partial charge in [-0.1, -0.05) is 6.92 Å². The molecule has 2 aromatic rings. The average molecular weight is 235 g/mol. The third-order valence-corrected chi connectivity index (χ3v) is 2.71. The van der Waals surface area contributed by atoms with E-state index in [1.54, 1.807) is 4.68 Å². The van der Waals surface area contributed by atoms with Gasteiger partial charge in [-0.15, -0.1) is 0 Å². The van der Waals surface area contributed by atoms with E-state index in [0.29, 0.717) is 29.7 Å². The fraction of sp³-hybridized carbons (Fsp3) is 0.364. The summed E-state index contributed by atoms with van der Waals surface area (Å²) in [5.74, 6) is -1.22. The van der Waals surface area contributed by atoms with Crippen molar-refractivity contribution in [3.05, 3.63) is 27.7 Å². The molecule has 6 heteroatoms. The fourth-order valence-corrected chi connectivity index (χ4v) is 1.87. The first kappa shape index (κ1) is 11.4. The number of carboxylic acids is 1. The van der Waals surface area contributed by atoms with Crippen LogP contribution < -0.4 is 5.43 Å². The lowest BCUT2D eigenvalue weighted by atomic mass is 10.1. The minimum atomic E-state index is -1.22. The van der Waals surface area contributed by atoms with E-state index >= 15 is 0 Å². The van der Waals surface area contributed by atoms with E-state index in [1.807, 2.05) is 13.8 Å². The SMILES string of the molecule is CCc1nn(CC)c2[nH]cc(C(=O)O)c(=O)c12. The molecule has 0 unspecified atom stereocenters. The number of aromatic nitrogens is 3. The number of hydrogen-bond donors (Lipinski definition) is 2. The zero-order valence-corrected chi connectivity index (χ0v) is 9.65. The molecular weight excluding hydrogens is 222 g/mol. The van der Waals surface area contributed by atoms with Gasteiger partial charge in [-0.05, 0) is 13.3 Å². The largest absolute Gasteiger partial charge is 0.477 e. The van der Waals surface area contributed by atoms with Gasteiger partial charge in [0.15, 0.2) is 0 Å². The summed E-state index contributed by atoms with van der Waals surface area (Å²) in [4.78, 5) is 25.8. The fourth-order valence-electron chi connectivity index (χ4n) is 1.87. The lowest BCUT2D eigenvalue weighted by Gasteiger charge is -1.98. The minimum absolute atomic E-state index is 0.247. The number of H-pyrrole nitrogens is 1. The summed E-state index contributed by atoms with van der Waals surface area (Å²) >= 11 is 0. The second-order valence-electron chi connectivity index (χ2n) is 3.68. The van der Waals surface area contributed by atoms with Gasteiger partial charge in [0.05, 0.1) is 11.1 Å². The predicted octanol–water partition coefficient (Wildman–Crippen LogP) is 1.01. The Balaban J connectivity index is 2.89. The summed E-state index contributed by atoms with van der Waals surface area (Å²) in [5.41, 5.74) is 0.496. The molecule has 6 nitrogen and oxygen atoms in total. The van der Waals surface area contributed by atoms with Crippen molar-refractivity contribution in [3.63, 3.8) is 0 Å². The van der Waals surface area contributed by atoms with Gasteiger partial charge < -0.3 is 10.1 Å². The molecule has 0 aliphatic carbocycles. The zero-order valence-electron chi connectivity index (χ0n) is 9.65. The summed E-state index contributed by atoms with van der Waals surface area (Å²) in [7, 11) is 0. The molecule has 0 spiro atoms. The quantitative estimate of drug-likeness (QED) is 0.830. The number of aryl methyl sites for hydroxylation is 2. The Bertz CT molecular complexity index is 639. The molecular formula is C11H13N3O3. The molecule has 2 N–H and O–H groups in total. The number of aromatic amines is 1. The van der Waals surface area contributed by atoms with E-state index in [-0.39, 0.29) is 5.56 Å². The van der Waals surface area contributed by atoms with Crippen molar-refractivity contribution >= 4 is 17.0 Å². The topological polar surface area (TPSA) is 88.0 Å². The number of rotatable bonds is 3. The molecule has 0 amide bonds. The summed E-state index contributed by atoms with van der Waals surface area (Å²) in [5, 5.41) is 13.6. The minimum Gasteiger partial charge on any atom is -0.477 e. The van der Waals surface area contributed by atoms with E-state index < -0.39 is 11.4 Å². The first-order valence-corrected chi connectivity index (χ1v) is 5.44. The molecule has 2 heterocycles. The summed E-state index contributed by atoms with van der Waals surface area (Å²) in [6.07, 6.45) is 1.82. The third kappa shape index (κ3) is 1.61. The van der Waals surface area contributed by atoms with Crippen molar-refractivity contribution in [2.75, 3.05) is 0 Å². The van der Waals surface area contributed by atoms with Crippen LogP contribution in [-0.2, 0) is 13.0 Å². The third-order valence-electron chi connectivity index (χ3n) is 2.71. The van der Waals surface area contributed by atoms with Gasteiger partial charge in [0.2, 0.25) is 5.43 Å². The highest BCUT2D eigenvalue weighted by molar-refractivity contribution is 5.92. The molecule has 90 valence electrons. The molecule has 0 radical (unpaired) electrons. The molecule has 0 aromatic carbocycles. The Kier molecular flexibility index (Phi) is 2.71. The summed E-state index contributed by atoms with van der Waals surface area (Å²) < 4.78 is 1.67. The lowest BCUT2D eigenvalue weighted by Crippen LogP contribution is -2.16. The van der Waals surface area contributed by atoms with E-state index in [2.05, 4.69) is 10.1 Å². The van der Waals surface area contributed by atoms with Crippen molar-refractivity contribution in [3.8, 4) is 0 Å². The van der Waals surface area contributed by atoms with Gasteiger partial charge in [-0.2, -0.15) is 5.10 Å². The second kappa shape index (κ2) is 4.04. The molecule has 2 rings (SSSR count). The molecule has 0 saturated heterocycles. The lowest BCUT2D eigenvalue weighted by molar-refractivity contribution is 0.0695. The smallest absolute Gasteiger partial charge is 0.341 e. The number of carboxylic acid groups (broad SMARTS) is 1. The first-order valence-electron chi connectivity index (χ1n) is 5.44. The number of nitrogens with one attached hydrogen (secondary N) is 1. The van der Waals surface area contributed by atoms with Crippen LogP contribution in [0.25, 0.3) is 11.0 Å². The van der Waals surface area contributed by atoms with Crippen LogP contribution in [0.2, 0.25) is 0 Å². The number of fused-ring (bicyclic) bond motifs is 1. The van der Waals surface area contributed by atoms with Gasteiger partial charge >= 0.3 is 5.97 Å². The Morgan fingerprint density at radius 2 is 2.24 bits per heavy atom. The molecule has 0 aliphatic heterocycles. The van der Waals surface area contributed by atoms with Crippen LogP contribution in [-0.4, -0.2) is 25.8 Å². The van der Waals surface area contributed by atoms with Crippen molar-refractivity contribution in [1.82, 2.24) is 14.8 Å². The normalized spacial score (nSPS) is 10.9. The number of pyridine rings is 1. The van der Waals surface area contributed by atoms with E-state index in [4.69, 9.17) is 5.11 Å². The van der Waals surface area contributed by atoms with Gasteiger partial charge in [0, 0.05) is 12.7 Å². The molecule has 0 fully saturated rings. The van der Waals surface area contributed by atoms with Crippen LogP contribution in [0.3, 0.4) is 0 Å². The average Bonchev–Trinajstić information content (AvgIpc) is 2.67. The van der Waals surface area contributed by atoms with Crippen LogP contribution in [0.5, 0.6) is 0 Å². The van der Waals surface area contributed by atoms with Crippen molar-refractivity contribution in [1.29, 1.82) is 0 Å². The van der Waals surface area contributed by atoms with Crippen LogP contribution >= 0.6 is 0 Å². The van der Waals surface area contributed by atoms with Crippen LogP contribution in [0.4, 0.5) is 0 Å². The monoisotopic (exact) mass is 235 g/mol. The van der Waals surface area contributed by atoms with Crippen molar-refractivity contribution in [2.45, 2.75) is 26.8 Å². The number of carbonyl (C=O) groups is 1. The Hall–Kier alpha value is -2.11. The standard InChI is InChI=1S/C11H13N3O3/c1-3-7-8-9(15)6(11(16)17)5-12-10(8)14(4-2)13-7/h5H,3-4H2,1-2H3,(H,12,15)(H,16,17). The predicted molar refractivity (Wildman–Crippen MR) is 62.4 cm³/mol. The van der Waals surface area contributed by atoms with Crippen LogP contribution in [0, 0.1) is 0 Å². The van der Waals surface area contributed by atoms with Gasteiger partial charge in [-0.25, -0.2) is 9.48 Å². The Labute approximate surface area is 96.9 Å². The van der Waals surface area contributed by atoms with E-state index in [9.17, 15) is 9.59 Å². The molecule has 2 aromatic heterocycles. The summed E-state index contributed by atoms with van der Waals surface area (Å²) in [6.45, 7) is 4.42. The van der Waals surface area contributed by atoms with Crippen molar-refractivity contribution < 1.29 is 9.90 Å². The second-order valence-corrected chi connectivity index (χ2v) is 3.68. The Morgan fingerprint density at radius 3 is 2.76 bits per heavy atom. The zero-order chi connectivity index (χ0) is 12.6. The maximum absolute atomic E-state index is 12.0. The molecule has 0 atom stereocenters. The maximum Gasteiger partial charge on any atom is 0.341 e. The van der Waals surface area contributed by atoms with E-state index in [1.165, 1.54) is 6.20 Å². The van der Waals surface area contributed by atoms with Gasteiger partial charge in [-0.3, -0.25) is 4.79 Å². The molecule has 17 heavy (non-hydrogen) atoms. The molecule has 0 aliphatic rings. The molecule has 0 bridgehead atoms. The highest BCUT2D eigenvalue weighted by atomic mass is 16.4. The number of nitrogens with zero attached hydrogens (tertiary/aromatic N) is 2. The summed E-state index contributed by atoms with van der Waals surface area (Å²) in [6, 6.07) is 0. The highest BCUT2D eigenvalue weighted by Crippen LogP contribution is 2.14. The van der Waals surface area contributed by atoms with Crippen LogP contribution in [0.15, 0.2) is 11.0 Å². The van der Waals surface area contributed by atoms with E-state index in [0.717, 1.165) is 0 Å². The first-order chi connectivity index (χ1) is 8.10. The van der Waals surface area contributed by atoms with Gasteiger partial charge in [0.1, 0.15) is 11.2 Å². The molecule has 0 saturated carbocycles. The maximum atomic E-state index is 12.0. The number of hydrogen-bond acceptors (Lipinski definition) is 3. The highest BCUT2D eigenvalue weighted by Gasteiger charge is 2.17. The number of aromatic carboxylic acids is 1. The Morgan fingerprint density at radius 1 is 1.53 bits per heavy atom.